The van der Waals surface area contributed by atoms with Crippen LogP contribution in [0.3, 0.4) is 0 Å². The second-order valence-corrected chi connectivity index (χ2v) is 7.02. The molecule has 2 heterocycles. The summed E-state index contributed by atoms with van der Waals surface area (Å²) >= 11 is 0. The topological polar surface area (TPSA) is 86.2 Å². The predicted octanol–water partition coefficient (Wildman–Crippen LogP) is 4.75. The molecule has 148 valence electrons. The van der Waals surface area contributed by atoms with Crippen molar-refractivity contribution in [2.24, 2.45) is 0 Å². The van der Waals surface area contributed by atoms with Gasteiger partial charge in [-0.05, 0) is 38.0 Å². The molecule has 2 aromatic carbocycles. The minimum atomic E-state index is 0.609. The molecule has 0 aliphatic rings. The molecule has 0 fully saturated rings. The fourth-order valence-corrected chi connectivity index (χ4v) is 3.64. The summed E-state index contributed by atoms with van der Waals surface area (Å²) in [6.45, 7) is 4.58. The van der Waals surface area contributed by atoms with Crippen molar-refractivity contribution in [1.82, 2.24) is 10.1 Å². The van der Waals surface area contributed by atoms with Gasteiger partial charge < -0.3 is 20.3 Å². The molecular formula is C23H24N4O2. The summed E-state index contributed by atoms with van der Waals surface area (Å²) in [6.07, 6.45) is 2.59. The van der Waals surface area contributed by atoms with Gasteiger partial charge in [-0.15, -0.1) is 0 Å². The van der Waals surface area contributed by atoms with E-state index in [1.54, 1.807) is 13.3 Å². The van der Waals surface area contributed by atoms with Crippen LogP contribution in [0.15, 0.2) is 53.2 Å². The van der Waals surface area contributed by atoms with Crippen molar-refractivity contribution < 1.29 is 9.26 Å². The van der Waals surface area contributed by atoms with Crippen molar-refractivity contribution >= 4 is 22.3 Å². The first-order chi connectivity index (χ1) is 14.1. The van der Waals surface area contributed by atoms with Gasteiger partial charge in [-0.1, -0.05) is 35.5 Å². The average molecular weight is 388 g/mol. The van der Waals surface area contributed by atoms with Gasteiger partial charge in [0.15, 0.2) is 0 Å². The number of nitrogens with one attached hydrogen (secondary N) is 1. The van der Waals surface area contributed by atoms with Gasteiger partial charge in [0.1, 0.15) is 11.5 Å². The van der Waals surface area contributed by atoms with Gasteiger partial charge >= 0.3 is 0 Å². The molecule has 3 N–H and O–H groups in total. The number of aryl methyl sites for hydroxylation is 2. The molecule has 0 bridgehead atoms. The maximum atomic E-state index is 6.25. The summed E-state index contributed by atoms with van der Waals surface area (Å²) in [4.78, 5) is 4.54. The van der Waals surface area contributed by atoms with E-state index in [0.717, 1.165) is 57.9 Å². The third-order valence-electron chi connectivity index (χ3n) is 5.08. The molecule has 4 aromatic rings. The lowest BCUT2D eigenvalue weighted by Crippen LogP contribution is -2.08. The van der Waals surface area contributed by atoms with Gasteiger partial charge in [-0.2, -0.15) is 0 Å². The Balaban J connectivity index is 1.73. The van der Waals surface area contributed by atoms with Gasteiger partial charge in [0.05, 0.1) is 41.5 Å². The zero-order valence-corrected chi connectivity index (χ0v) is 16.8. The standard InChI is InChI=1S/C23H24N4O2/c1-14-22(15(2)29-27-14)18-11-20-17(12-21(18)28-3)23(19(24)13-26-20)25-10-9-16-7-5-4-6-8-16/h4-8,11-13H,9-10,24H2,1-3H3,(H,25,26). The zero-order valence-electron chi connectivity index (χ0n) is 16.8. The summed E-state index contributed by atoms with van der Waals surface area (Å²) < 4.78 is 11.0. The first-order valence-corrected chi connectivity index (χ1v) is 9.55. The Morgan fingerprint density at radius 1 is 1.14 bits per heavy atom. The minimum Gasteiger partial charge on any atom is -0.496 e. The Kier molecular flexibility index (Phi) is 5.08. The van der Waals surface area contributed by atoms with Crippen LogP contribution in [0.4, 0.5) is 11.4 Å². The third kappa shape index (κ3) is 3.61. The summed E-state index contributed by atoms with van der Waals surface area (Å²) in [6, 6.07) is 14.3. The Morgan fingerprint density at radius 2 is 1.93 bits per heavy atom. The molecule has 6 nitrogen and oxygen atoms in total. The predicted molar refractivity (Wildman–Crippen MR) is 116 cm³/mol. The third-order valence-corrected chi connectivity index (χ3v) is 5.08. The summed E-state index contributed by atoms with van der Waals surface area (Å²) in [5.41, 5.74) is 12.5. The fraction of sp³-hybridized carbons (Fsp3) is 0.217. The van der Waals surface area contributed by atoms with Crippen LogP contribution in [-0.4, -0.2) is 23.8 Å². The second kappa shape index (κ2) is 7.83. The Labute approximate surface area is 169 Å². The van der Waals surface area contributed by atoms with E-state index in [1.165, 1.54) is 5.56 Å². The number of benzene rings is 2. The summed E-state index contributed by atoms with van der Waals surface area (Å²) in [5.74, 6) is 1.47. The lowest BCUT2D eigenvalue weighted by molar-refractivity contribution is 0.393. The first-order valence-electron chi connectivity index (χ1n) is 9.55. The Hall–Kier alpha value is -3.54. The fourth-order valence-electron chi connectivity index (χ4n) is 3.64. The number of methoxy groups -OCH3 is 1. The molecule has 0 unspecified atom stereocenters. The molecule has 0 aliphatic carbocycles. The Morgan fingerprint density at radius 3 is 2.62 bits per heavy atom. The molecule has 2 aromatic heterocycles. The molecule has 4 rings (SSSR count). The van der Waals surface area contributed by atoms with Gasteiger partial charge in [0.25, 0.3) is 0 Å². The van der Waals surface area contributed by atoms with Crippen LogP contribution in [-0.2, 0) is 6.42 Å². The molecule has 6 heteroatoms. The van der Waals surface area contributed by atoms with E-state index < -0.39 is 0 Å². The van der Waals surface area contributed by atoms with Gasteiger partial charge in [-0.25, -0.2) is 0 Å². The molecule has 29 heavy (non-hydrogen) atoms. The molecular weight excluding hydrogens is 364 g/mol. The van der Waals surface area contributed by atoms with Crippen molar-refractivity contribution in [3.63, 3.8) is 0 Å². The smallest absolute Gasteiger partial charge is 0.141 e. The summed E-state index contributed by atoms with van der Waals surface area (Å²) in [5, 5.41) is 8.47. The number of hydrogen-bond donors (Lipinski definition) is 2. The van der Waals surface area contributed by atoms with Crippen LogP contribution in [0.25, 0.3) is 22.0 Å². The maximum Gasteiger partial charge on any atom is 0.141 e. The Bertz CT molecular complexity index is 1130. The van der Waals surface area contributed by atoms with Gasteiger partial charge in [-0.3, -0.25) is 4.98 Å². The van der Waals surface area contributed by atoms with Crippen LogP contribution < -0.4 is 15.8 Å². The number of hydrogen-bond acceptors (Lipinski definition) is 6. The highest BCUT2D eigenvalue weighted by Crippen LogP contribution is 2.40. The largest absolute Gasteiger partial charge is 0.496 e. The van der Waals surface area contributed by atoms with Crippen LogP contribution in [0.1, 0.15) is 17.0 Å². The van der Waals surface area contributed by atoms with E-state index in [2.05, 4.69) is 27.6 Å². The number of ether oxygens (including phenoxy) is 1. The van der Waals surface area contributed by atoms with Crippen molar-refractivity contribution in [2.75, 3.05) is 24.7 Å². The van der Waals surface area contributed by atoms with Crippen LogP contribution in [0, 0.1) is 13.8 Å². The summed E-state index contributed by atoms with van der Waals surface area (Å²) in [7, 11) is 1.66. The SMILES string of the molecule is COc1cc2c(NCCc3ccccc3)c(N)cnc2cc1-c1c(C)noc1C. The number of nitrogens with two attached hydrogens (primary N) is 1. The van der Waals surface area contributed by atoms with E-state index in [9.17, 15) is 0 Å². The number of rotatable bonds is 6. The normalized spacial score (nSPS) is 11.0. The maximum absolute atomic E-state index is 6.25. The van der Waals surface area contributed by atoms with Crippen LogP contribution in [0.5, 0.6) is 5.75 Å². The quantitative estimate of drug-likeness (QED) is 0.496. The number of fused-ring (bicyclic) bond motifs is 1. The van der Waals surface area contributed by atoms with E-state index in [4.69, 9.17) is 15.0 Å². The number of pyridine rings is 1. The van der Waals surface area contributed by atoms with Crippen molar-refractivity contribution in [3.05, 3.63) is 65.7 Å². The monoisotopic (exact) mass is 388 g/mol. The van der Waals surface area contributed by atoms with E-state index >= 15 is 0 Å². The van der Waals surface area contributed by atoms with Crippen molar-refractivity contribution in [2.45, 2.75) is 20.3 Å². The molecule has 0 aliphatic heterocycles. The van der Waals surface area contributed by atoms with E-state index in [1.807, 2.05) is 44.2 Å². The minimum absolute atomic E-state index is 0.609. The van der Waals surface area contributed by atoms with Crippen molar-refractivity contribution in [1.29, 1.82) is 0 Å². The lowest BCUT2D eigenvalue weighted by Gasteiger charge is -2.15. The second-order valence-electron chi connectivity index (χ2n) is 7.02. The van der Waals surface area contributed by atoms with Crippen LogP contribution >= 0.6 is 0 Å². The van der Waals surface area contributed by atoms with Crippen LogP contribution in [0.2, 0.25) is 0 Å². The lowest BCUT2D eigenvalue weighted by atomic mass is 10.00. The van der Waals surface area contributed by atoms with Crippen molar-refractivity contribution in [3.8, 4) is 16.9 Å². The number of nitrogen functional groups attached to an aromatic ring is 1. The highest BCUT2D eigenvalue weighted by atomic mass is 16.5. The average Bonchev–Trinajstić information content (AvgIpc) is 3.07. The highest BCUT2D eigenvalue weighted by Gasteiger charge is 2.19. The van der Waals surface area contributed by atoms with Gasteiger partial charge in [0, 0.05) is 17.5 Å². The molecule has 0 amide bonds. The molecule has 0 spiro atoms. The molecule has 0 atom stereocenters. The van der Waals surface area contributed by atoms with E-state index in [-0.39, 0.29) is 0 Å². The molecule has 0 radical (unpaired) electrons. The number of anilines is 2. The number of nitrogens with zero attached hydrogens (tertiary/aromatic N) is 2. The highest BCUT2D eigenvalue weighted by molar-refractivity contribution is 6.00. The van der Waals surface area contributed by atoms with E-state index in [0.29, 0.717) is 5.69 Å². The first kappa shape index (κ1) is 18.8. The molecule has 0 saturated heterocycles. The van der Waals surface area contributed by atoms with Gasteiger partial charge in [0.2, 0.25) is 0 Å². The number of aromatic nitrogens is 2. The zero-order chi connectivity index (χ0) is 20.4. The molecule has 0 saturated carbocycles.